The van der Waals surface area contributed by atoms with Gasteiger partial charge in [-0.3, -0.25) is 4.79 Å². The smallest absolute Gasteiger partial charge is 0.244 e. The van der Waals surface area contributed by atoms with E-state index in [0.29, 0.717) is 53.8 Å². The van der Waals surface area contributed by atoms with Gasteiger partial charge in [0.1, 0.15) is 0 Å². The summed E-state index contributed by atoms with van der Waals surface area (Å²) in [7, 11) is -3.63. The van der Waals surface area contributed by atoms with Crippen molar-refractivity contribution in [3.8, 4) is 10.7 Å². The summed E-state index contributed by atoms with van der Waals surface area (Å²) in [6.45, 7) is 8.38. The molecule has 2 aromatic rings. The maximum Gasteiger partial charge on any atom is 0.244 e. The minimum Gasteiger partial charge on any atom is -0.353 e. The van der Waals surface area contributed by atoms with Crippen LogP contribution in [-0.4, -0.2) is 47.9 Å². The third kappa shape index (κ3) is 4.70. The Morgan fingerprint density at radius 2 is 2.07 bits per heavy atom. The zero-order valence-electron chi connectivity index (χ0n) is 17.3. The van der Waals surface area contributed by atoms with E-state index in [-0.39, 0.29) is 22.8 Å². The van der Waals surface area contributed by atoms with Crippen molar-refractivity contribution in [2.45, 2.75) is 64.3 Å². The predicted molar refractivity (Wildman–Crippen MR) is 111 cm³/mol. The second-order valence-corrected chi connectivity index (χ2v) is 10.6. The Balaban J connectivity index is 1.71. The van der Waals surface area contributed by atoms with Gasteiger partial charge in [0.05, 0.1) is 9.77 Å². The van der Waals surface area contributed by atoms with Crippen molar-refractivity contribution >= 4 is 27.3 Å². The summed E-state index contributed by atoms with van der Waals surface area (Å²) in [5, 5.41) is 6.93. The second kappa shape index (κ2) is 8.93. The van der Waals surface area contributed by atoms with Gasteiger partial charge in [-0.25, -0.2) is 8.42 Å². The molecule has 160 valence electrons. The van der Waals surface area contributed by atoms with Gasteiger partial charge in [-0.05, 0) is 39.2 Å². The molecule has 1 aliphatic heterocycles. The first kappa shape index (κ1) is 21.9. The number of nitrogens with zero attached hydrogens (tertiary/aromatic N) is 3. The largest absolute Gasteiger partial charge is 0.353 e. The molecule has 1 saturated heterocycles. The van der Waals surface area contributed by atoms with Crippen molar-refractivity contribution in [1.29, 1.82) is 0 Å². The van der Waals surface area contributed by atoms with Crippen molar-refractivity contribution < 1.29 is 17.7 Å². The molecular formula is C19H28N4O4S2. The number of nitrogens with one attached hydrogen (secondary N) is 1. The monoisotopic (exact) mass is 440 g/mol. The zero-order chi connectivity index (χ0) is 21.2. The Morgan fingerprint density at radius 1 is 1.38 bits per heavy atom. The van der Waals surface area contributed by atoms with E-state index in [4.69, 9.17) is 4.52 Å². The molecule has 0 saturated carbocycles. The summed E-state index contributed by atoms with van der Waals surface area (Å²) in [5.41, 5.74) is 0. The van der Waals surface area contributed by atoms with Crippen LogP contribution in [0, 0.1) is 12.8 Å². The molecule has 1 N–H and O–H groups in total. The van der Waals surface area contributed by atoms with E-state index in [1.807, 2.05) is 20.8 Å². The van der Waals surface area contributed by atoms with E-state index in [2.05, 4.69) is 15.5 Å². The standard InChI is InChI=1S/C19H28N4O4S2/c1-5-12(3)20-19(24)14-7-9-23(10-8-14)29(25,26)16-11-15(28-13(16)4)18-21-17(6-2)27-22-18/h11-12,14H,5-10H2,1-4H3,(H,20,24)/t12-/m1/s1. The molecule has 0 aliphatic carbocycles. The van der Waals surface area contributed by atoms with Crippen LogP contribution in [0.4, 0.5) is 0 Å². The molecule has 0 unspecified atom stereocenters. The lowest BCUT2D eigenvalue weighted by atomic mass is 9.97. The van der Waals surface area contributed by atoms with Crippen molar-refractivity contribution in [3.05, 3.63) is 16.8 Å². The molecule has 0 aromatic carbocycles. The summed E-state index contributed by atoms with van der Waals surface area (Å²) < 4.78 is 33.0. The molecule has 1 aliphatic rings. The van der Waals surface area contributed by atoms with Crippen LogP contribution in [0.25, 0.3) is 10.7 Å². The number of aromatic nitrogens is 2. The fourth-order valence-corrected chi connectivity index (χ4v) is 6.25. The summed E-state index contributed by atoms with van der Waals surface area (Å²) in [5.74, 6) is 0.820. The van der Waals surface area contributed by atoms with Crippen LogP contribution in [0.1, 0.15) is 50.8 Å². The lowest BCUT2D eigenvalue weighted by Gasteiger charge is -2.31. The highest BCUT2D eigenvalue weighted by molar-refractivity contribution is 7.89. The molecule has 8 nitrogen and oxygen atoms in total. The fourth-order valence-electron chi connectivity index (χ4n) is 3.29. The number of hydrogen-bond donors (Lipinski definition) is 1. The van der Waals surface area contributed by atoms with Crippen LogP contribution in [0.15, 0.2) is 15.5 Å². The number of hydrogen-bond acceptors (Lipinski definition) is 7. The van der Waals surface area contributed by atoms with E-state index < -0.39 is 10.0 Å². The minimum absolute atomic E-state index is 0.0224. The van der Waals surface area contributed by atoms with E-state index in [1.165, 1.54) is 15.6 Å². The van der Waals surface area contributed by atoms with Crippen LogP contribution in [0.2, 0.25) is 0 Å². The fraction of sp³-hybridized carbons (Fsp3) is 0.632. The molecule has 3 rings (SSSR count). The first-order valence-corrected chi connectivity index (χ1v) is 12.3. The quantitative estimate of drug-likeness (QED) is 0.710. The van der Waals surface area contributed by atoms with E-state index in [1.54, 1.807) is 13.0 Å². The highest BCUT2D eigenvalue weighted by Crippen LogP contribution is 2.34. The number of thiophene rings is 1. The molecule has 10 heteroatoms. The molecule has 3 heterocycles. The molecular weight excluding hydrogens is 412 g/mol. The topological polar surface area (TPSA) is 105 Å². The normalized spacial score (nSPS) is 17.4. The lowest BCUT2D eigenvalue weighted by Crippen LogP contribution is -2.44. The lowest BCUT2D eigenvalue weighted by molar-refractivity contribution is -0.126. The number of amides is 1. The van der Waals surface area contributed by atoms with Crippen LogP contribution < -0.4 is 5.32 Å². The Labute approximate surface area is 175 Å². The Hall–Kier alpha value is -1.78. The predicted octanol–water partition coefficient (Wildman–Crippen LogP) is 2.98. The van der Waals surface area contributed by atoms with Crippen LogP contribution in [0.5, 0.6) is 0 Å². The van der Waals surface area contributed by atoms with E-state index in [9.17, 15) is 13.2 Å². The van der Waals surface area contributed by atoms with Crippen molar-refractivity contribution in [1.82, 2.24) is 19.8 Å². The van der Waals surface area contributed by atoms with Gasteiger partial charge in [-0.1, -0.05) is 19.0 Å². The Morgan fingerprint density at radius 3 is 2.66 bits per heavy atom. The third-order valence-electron chi connectivity index (χ3n) is 5.31. The van der Waals surface area contributed by atoms with Gasteiger partial charge in [-0.15, -0.1) is 11.3 Å². The van der Waals surface area contributed by atoms with Gasteiger partial charge < -0.3 is 9.84 Å². The number of rotatable bonds is 7. The molecule has 0 radical (unpaired) electrons. The molecule has 29 heavy (non-hydrogen) atoms. The number of aryl methyl sites for hydroxylation is 2. The van der Waals surface area contributed by atoms with E-state index >= 15 is 0 Å². The zero-order valence-corrected chi connectivity index (χ0v) is 18.9. The maximum atomic E-state index is 13.2. The average molecular weight is 441 g/mol. The van der Waals surface area contributed by atoms with Crippen molar-refractivity contribution in [2.75, 3.05) is 13.1 Å². The number of carbonyl (C=O) groups excluding carboxylic acids is 1. The van der Waals surface area contributed by atoms with Gasteiger partial charge in [0.25, 0.3) is 0 Å². The van der Waals surface area contributed by atoms with E-state index in [0.717, 1.165) is 6.42 Å². The summed E-state index contributed by atoms with van der Waals surface area (Å²) >= 11 is 1.34. The average Bonchev–Trinajstić information content (AvgIpc) is 3.34. The number of carbonyl (C=O) groups is 1. The summed E-state index contributed by atoms with van der Waals surface area (Å²) in [6.07, 6.45) is 2.56. The Bertz CT molecular complexity index is 959. The van der Waals surface area contributed by atoms with Crippen molar-refractivity contribution in [3.63, 3.8) is 0 Å². The molecule has 2 aromatic heterocycles. The number of sulfonamides is 1. The third-order valence-corrected chi connectivity index (χ3v) is 8.51. The van der Waals surface area contributed by atoms with Crippen LogP contribution in [-0.2, 0) is 21.2 Å². The number of piperidine rings is 1. The first-order valence-electron chi connectivity index (χ1n) is 10.00. The summed E-state index contributed by atoms with van der Waals surface area (Å²) in [4.78, 5) is 18.3. The summed E-state index contributed by atoms with van der Waals surface area (Å²) in [6, 6.07) is 1.76. The van der Waals surface area contributed by atoms with Gasteiger partial charge in [0.2, 0.25) is 27.6 Å². The molecule has 0 spiro atoms. The second-order valence-electron chi connectivity index (χ2n) is 7.39. The maximum absolute atomic E-state index is 13.2. The van der Waals surface area contributed by atoms with Gasteiger partial charge >= 0.3 is 0 Å². The van der Waals surface area contributed by atoms with Crippen LogP contribution in [0.3, 0.4) is 0 Å². The molecule has 1 atom stereocenters. The molecule has 0 bridgehead atoms. The minimum atomic E-state index is -3.63. The highest BCUT2D eigenvalue weighted by Gasteiger charge is 2.34. The SMILES string of the molecule is CCc1nc(-c2cc(S(=O)(=O)N3CCC(C(=O)N[C@H](C)CC)CC3)c(C)s2)no1. The van der Waals surface area contributed by atoms with Gasteiger partial charge in [0, 0.05) is 36.3 Å². The molecule has 1 amide bonds. The molecule has 1 fully saturated rings. The Kier molecular flexibility index (Phi) is 6.75. The highest BCUT2D eigenvalue weighted by atomic mass is 32.2. The first-order chi connectivity index (χ1) is 13.8. The van der Waals surface area contributed by atoms with Gasteiger partial charge in [0.15, 0.2) is 0 Å². The van der Waals surface area contributed by atoms with Crippen LogP contribution >= 0.6 is 11.3 Å². The van der Waals surface area contributed by atoms with Gasteiger partial charge in [-0.2, -0.15) is 9.29 Å². The van der Waals surface area contributed by atoms with Crippen molar-refractivity contribution in [2.24, 2.45) is 5.92 Å².